The van der Waals surface area contributed by atoms with Crippen molar-refractivity contribution in [3.63, 3.8) is 0 Å². The molecule has 9 heteroatoms. The van der Waals surface area contributed by atoms with Gasteiger partial charge in [-0.15, -0.1) is 0 Å². The van der Waals surface area contributed by atoms with Crippen LogP contribution in [0.2, 0.25) is 10.0 Å². The van der Waals surface area contributed by atoms with Gasteiger partial charge in [0.1, 0.15) is 11.3 Å². The van der Waals surface area contributed by atoms with Crippen LogP contribution in [-0.2, 0) is 16.1 Å². The number of urea groups is 1. The number of ether oxygens (including phenoxy) is 1. The van der Waals surface area contributed by atoms with Crippen molar-refractivity contribution >= 4 is 63.7 Å². The summed E-state index contributed by atoms with van der Waals surface area (Å²) in [5.41, 5.74) is 2.68. The van der Waals surface area contributed by atoms with E-state index in [1.54, 1.807) is 6.07 Å². The Hall–Kier alpha value is -4.07. The third-order valence-corrected chi connectivity index (χ3v) is 6.43. The molecule has 1 saturated heterocycles. The van der Waals surface area contributed by atoms with Crippen LogP contribution in [0.15, 0.2) is 78.5 Å². The molecule has 36 heavy (non-hydrogen) atoms. The summed E-state index contributed by atoms with van der Waals surface area (Å²) in [5, 5.41) is 3.98. The summed E-state index contributed by atoms with van der Waals surface area (Å²) in [6.07, 6.45) is 3.38. The Bertz CT molecular complexity index is 1560. The molecule has 3 aromatic carbocycles. The summed E-state index contributed by atoms with van der Waals surface area (Å²) in [5.74, 6) is -1.12. The van der Waals surface area contributed by atoms with Crippen LogP contribution in [0, 0.1) is 0 Å². The number of hydrogen-bond acceptors (Lipinski definition) is 4. The minimum absolute atomic E-state index is 0.170. The largest absolute Gasteiger partial charge is 0.495 e. The number of carbonyl (C=O) groups is 3. The number of benzene rings is 3. The first-order chi connectivity index (χ1) is 17.4. The van der Waals surface area contributed by atoms with Gasteiger partial charge in [-0.05, 0) is 48.0 Å². The number of hydrogen-bond donors (Lipinski definition) is 1. The number of imide groups is 2. The van der Waals surface area contributed by atoms with Crippen molar-refractivity contribution in [2.75, 3.05) is 12.0 Å². The molecule has 1 fully saturated rings. The molecular weight excluding hydrogens is 501 g/mol. The number of aromatic nitrogens is 1. The fraction of sp³-hybridized carbons (Fsp3) is 0.0741. The first-order valence-electron chi connectivity index (χ1n) is 10.9. The van der Waals surface area contributed by atoms with Crippen molar-refractivity contribution in [1.82, 2.24) is 9.88 Å². The second kappa shape index (κ2) is 9.53. The number of halogens is 2. The molecule has 0 atom stereocenters. The molecule has 0 radical (unpaired) electrons. The second-order valence-corrected chi connectivity index (χ2v) is 8.98. The summed E-state index contributed by atoms with van der Waals surface area (Å²) in [6, 6.07) is 18.9. The molecule has 180 valence electrons. The van der Waals surface area contributed by atoms with Gasteiger partial charge < -0.3 is 9.30 Å². The maximum atomic E-state index is 13.4. The average molecular weight is 520 g/mol. The van der Waals surface area contributed by atoms with E-state index >= 15 is 0 Å². The third-order valence-electron chi connectivity index (χ3n) is 5.88. The van der Waals surface area contributed by atoms with E-state index in [9.17, 15) is 14.4 Å². The highest BCUT2D eigenvalue weighted by Gasteiger charge is 2.37. The number of barbiturate groups is 1. The van der Waals surface area contributed by atoms with Gasteiger partial charge in [0.25, 0.3) is 11.8 Å². The van der Waals surface area contributed by atoms with Gasteiger partial charge in [-0.3, -0.25) is 14.9 Å². The van der Waals surface area contributed by atoms with Crippen LogP contribution < -0.4 is 15.0 Å². The Kier molecular flexibility index (Phi) is 6.26. The minimum atomic E-state index is -0.853. The molecule has 5 rings (SSSR count). The lowest BCUT2D eigenvalue weighted by Crippen LogP contribution is -2.54. The quantitative estimate of drug-likeness (QED) is 0.272. The van der Waals surface area contributed by atoms with Crippen LogP contribution in [0.1, 0.15) is 11.1 Å². The SMILES string of the molecule is COc1ccc(N2C(=O)NC(=O)C(=Cc3cn(Cc4ccc(Cl)cc4)c4ccccc34)C2=O)cc1Cl. The van der Waals surface area contributed by atoms with Gasteiger partial charge in [-0.1, -0.05) is 53.5 Å². The van der Waals surface area contributed by atoms with E-state index in [1.807, 2.05) is 59.3 Å². The molecule has 4 amide bonds. The van der Waals surface area contributed by atoms with Crippen molar-refractivity contribution in [3.8, 4) is 5.75 Å². The third kappa shape index (κ3) is 4.34. The molecule has 4 aromatic rings. The number of amides is 4. The lowest BCUT2D eigenvalue weighted by Gasteiger charge is -2.26. The van der Waals surface area contributed by atoms with E-state index in [0.717, 1.165) is 21.4 Å². The van der Waals surface area contributed by atoms with E-state index in [-0.39, 0.29) is 16.3 Å². The lowest BCUT2D eigenvalue weighted by atomic mass is 10.1. The lowest BCUT2D eigenvalue weighted by molar-refractivity contribution is -0.122. The van der Waals surface area contributed by atoms with E-state index in [4.69, 9.17) is 27.9 Å². The van der Waals surface area contributed by atoms with Gasteiger partial charge in [0.15, 0.2) is 0 Å². The highest BCUT2D eigenvalue weighted by atomic mass is 35.5. The second-order valence-electron chi connectivity index (χ2n) is 8.13. The summed E-state index contributed by atoms with van der Waals surface area (Å²) in [6.45, 7) is 0.565. The Balaban J connectivity index is 1.55. The smallest absolute Gasteiger partial charge is 0.335 e. The first kappa shape index (κ1) is 23.7. The molecule has 0 spiro atoms. The normalized spacial score (nSPS) is 15.0. The predicted molar refractivity (Wildman–Crippen MR) is 139 cm³/mol. The summed E-state index contributed by atoms with van der Waals surface area (Å²) >= 11 is 12.2. The van der Waals surface area contributed by atoms with Crippen LogP contribution in [0.4, 0.5) is 10.5 Å². The number of nitrogens with zero attached hydrogens (tertiary/aromatic N) is 2. The zero-order valence-corrected chi connectivity index (χ0v) is 20.5. The summed E-state index contributed by atoms with van der Waals surface area (Å²) in [7, 11) is 1.46. The summed E-state index contributed by atoms with van der Waals surface area (Å²) in [4.78, 5) is 39.5. The van der Waals surface area contributed by atoms with Gasteiger partial charge in [0.05, 0.1) is 17.8 Å². The van der Waals surface area contributed by atoms with Gasteiger partial charge >= 0.3 is 6.03 Å². The van der Waals surface area contributed by atoms with E-state index in [0.29, 0.717) is 22.9 Å². The molecule has 0 aliphatic carbocycles. The fourth-order valence-corrected chi connectivity index (χ4v) is 4.53. The number of fused-ring (bicyclic) bond motifs is 1. The van der Waals surface area contributed by atoms with Gasteiger partial charge in [0, 0.05) is 34.2 Å². The van der Waals surface area contributed by atoms with Crippen LogP contribution in [0.3, 0.4) is 0 Å². The number of rotatable bonds is 5. The van der Waals surface area contributed by atoms with E-state index in [1.165, 1.54) is 25.3 Å². The van der Waals surface area contributed by atoms with Crippen molar-refractivity contribution < 1.29 is 19.1 Å². The Morgan fingerprint density at radius 1 is 0.972 bits per heavy atom. The van der Waals surface area contributed by atoms with E-state index in [2.05, 4.69) is 5.32 Å². The first-order valence-corrected chi connectivity index (χ1v) is 11.7. The predicted octanol–water partition coefficient (Wildman–Crippen LogP) is 5.67. The van der Waals surface area contributed by atoms with Crippen molar-refractivity contribution in [2.45, 2.75) is 6.54 Å². The standard InChI is InChI=1S/C27H19Cl2N3O4/c1-36-24-11-10-19(13-22(24)29)32-26(34)21(25(33)30-27(32)35)12-17-15-31(23-5-3-2-4-20(17)23)14-16-6-8-18(28)9-7-16/h2-13,15H,14H2,1H3,(H,30,33,35). The number of nitrogens with one attached hydrogen (secondary N) is 1. The van der Waals surface area contributed by atoms with Gasteiger partial charge in [0.2, 0.25) is 0 Å². The molecular formula is C27H19Cl2N3O4. The average Bonchev–Trinajstić information content (AvgIpc) is 3.20. The monoisotopic (exact) mass is 519 g/mol. The highest BCUT2D eigenvalue weighted by molar-refractivity contribution is 6.40. The van der Waals surface area contributed by atoms with Crippen molar-refractivity contribution in [1.29, 1.82) is 0 Å². The molecule has 7 nitrogen and oxygen atoms in total. The number of para-hydroxylation sites is 1. The fourth-order valence-electron chi connectivity index (χ4n) is 4.15. The van der Waals surface area contributed by atoms with Crippen LogP contribution in [-0.4, -0.2) is 29.5 Å². The Morgan fingerprint density at radius 3 is 2.44 bits per heavy atom. The number of methoxy groups -OCH3 is 1. The van der Waals surface area contributed by atoms with Crippen LogP contribution in [0.25, 0.3) is 17.0 Å². The maximum Gasteiger partial charge on any atom is 0.335 e. The van der Waals surface area contributed by atoms with Gasteiger partial charge in [-0.2, -0.15) is 0 Å². The summed E-state index contributed by atoms with van der Waals surface area (Å²) < 4.78 is 7.17. The number of carbonyl (C=O) groups excluding carboxylic acids is 3. The molecule has 0 unspecified atom stereocenters. The molecule has 0 saturated carbocycles. The van der Waals surface area contributed by atoms with E-state index < -0.39 is 17.8 Å². The molecule has 2 heterocycles. The van der Waals surface area contributed by atoms with Crippen LogP contribution >= 0.6 is 23.2 Å². The minimum Gasteiger partial charge on any atom is -0.495 e. The maximum absolute atomic E-state index is 13.4. The zero-order chi connectivity index (χ0) is 25.4. The molecule has 1 aliphatic rings. The molecule has 0 bridgehead atoms. The zero-order valence-electron chi connectivity index (χ0n) is 19.0. The molecule has 1 aliphatic heterocycles. The number of anilines is 1. The Labute approximate surface area is 216 Å². The van der Waals surface area contributed by atoms with Crippen molar-refractivity contribution in [2.24, 2.45) is 0 Å². The van der Waals surface area contributed by atoms with Gasteiger partial charge in [-0.25, -0.2) is 9.69 Å². The van der Waals surface area contributed by atoms with Crippen molar-refractivity contribution in [3.05, 3.63) is 99.7 Å². The molecule has 1 N–H and O–H groups in total. The molecule has 1 aromatic heterocycles. The Morgan fingerprint density at radius 2 is 1.72 bits per heavy atom. The highest BCUT2D eigenvalue weighted by Crippen LogP contribution is 2.32. The van der Waals surface area contributed by atoms with Crippen LogP contribution in [0.5, 0.6) is 5.75 Å². The topological polar surface area (TPSA) is 80.6 Å².